The molecule has 0 aliphatic heterocycles. The third-order valence-electron chi connectivity index (χ3n) is 3.33. The van der Waals surface area contributed by atoms with Crippen LogP contribution in [-0.4, -0.2) is 36.2 Å². The lowest BCUT2D eigenvalue weighted by Crippen LogP contribution is -2.57. The molecule has 0 aromatic heterocycles. The molecule has 1 aromatic rings. The van der Waals surface area contributed by atoms with E-state index in [0.717, 1.165) is 12.2 Å². The highest BCUT2D eigenvalue weighted by molar-refractivity contribution is 5.79. The van der Waals surface area contributed by atoms with E-state index in [-0.39, 0.29) is 0 Å². The van der Waals surface area contributed by atoms with Crippen molar-refractivity contribution >= 4 is 11.7 Å². The van der Waals surface area contributed by atoms with Gasteiger partial charge in [0.15, 0.2) is 0 Å². The highest BCUT2D eigenvalue weighted by Crippen LogP contribution is 2.18. The van der Waals surface area contributed by atoms with E-state index in [1.165, 1.54) is 5.56 Å². The smallest absolute Gasteiger partial charge is 0.325 e. The van der Waals surface area contributed by atoms with Crippen molar-refractivity contribution in [2.45, 2.75) is 33.2 Å². The van der Waals surface area contributed by atoms with Crippen LogP contribution >= 0.6 is 0 Å². The summed E-state index contributed by atoms with van der Waals surface area (Å²) < 4.78 is 0. The second-order valence-corrected chi connectivity index (χ2v) is 5.02. The summed E-state index contributed by atoms with van der Waals surface area (Å²) in [5.41, 5.74) is 1.32. The fourth-order valence-electron chi connectivity index (χ4n) is 2.11. The molecule has 1 aromatic carbocycles. The highest BCUT2D eigenvalue weighted by Gasteiger charge is 2.34. The predicted molar refractivity (Wildman–Crippen MR) is 78.8 cm³/mol. The maximum absolute atomic E-state index is 11.5. The highest BCUT2D eigenvalue weighted by atomic mass is 16.4. The van der Waals surface area contributed by atoms with E-state index in [1.807, 2.05) is 45.0 Å². The van der Waals surface area contributed by atoms with Crippen molar-refractivity contribution in [3.8, 4) is 0 Å². The Morgan fingerprint density at radius 3 is 2.32 bits per heavy atom. The van der Waals surface area contributed by atoms with Crippen molar-refractivity contribution in [3.05, 3.63) is 29.8 Å². The van der Waals surface area contributed by atoms with Crippen molar-refractivity contribution in [1.29, 1.82) is 0 Å². The van der Waals surface area contributed by atoms with Gasteiger partial charge in [0.2, 0.25) is 0 Å². The summed E-state index contributed by atoms with van der Waals surface area (Å²) in [4.78, 5) is 13.5. The standard InChI is InChI=1S/C15H24N2O2/c1-5-16-15(4,14(18)19)11-17(6-2)13-9-7-12(3)8-10-13/h7-10,16H,5-6,11H2,1-4H3,(H,18,19). The number of carbonyl (C=O) groups is 1. The van der Waals surface area contributed by atoms with E-state index in [2.05, 4.69) is 10.2 Å². The van der Waals surface area contributed by atoms with Crippen LogP contribution < -0.4 is 10.2 Å². The van der Waals surface area contributed by atoms with E-state index in [1.54, 1.807) is 6.92 Å². The first-order valence-electron chi connectivity index (χ1n) is 6.73. The van der Waals surface area contributed by atoms with Crippen LogP contribution in [0.3, 0.4) is 0 Å². The summed E-state index contributed by atoms with van der Waals surface area (Å²) in [5.74, 6) is -0.820. The van der Waals surface area contributed by atoms with Crippen LogP contribution in [0.1, 0.15) is 26.3 Å². The Morgan fingerprint density at radius 1 is 1.32 bits per heavy atom. The largest absolute Gasteiger partial charge is 0.480 e. The molecule has 0 bridgehead atoms. The van der Waals surface area contributed by atoms with Gasteiger partial charge in [0, 0.05) is 18.8 Å². The molecule has 0 fully saturated rings. The first-order valence-corrected chi connectivity index (χ1v) is 6.73. The zero-order chi connectivity index (χ0) is 14.5. The Balaban J connectivity index is 2.91. The molecule has 0 aliphatic carbocycles. The Labute approximate surface area is 115 Å². The van der Waals surface area contributed by atoms with Crippen molar-refractivity contribution in [1.82, 2.24) is 5.32 Å². The number of hydrogen-bond acceptors (Lipinski definition) is 3. The van der Waals surface area contributed by atoms with Crippen LogP contribution in [0.25, 0.3) is 0 Å². The van der Waals surface area contributed by atoms with E-state index < -0.39 is 11.5 Å². The van der Waals surface area contributed by atoms with Crippen LogP contribution in [0.4, 0.5) is 5.69 Å². The molecule has 106 valence electrons. The fraction of sp³-hybridized carbons (Fsp3) is 0.533. The van der Waals surface area contributed by atoms with Gasteiger partial charge >= 0.3 is 5.97 Å². The topological polar surface area (TPSA) is 52.6 Å². The summed E-state index contributed by atoms with van der Waals surface area (Å²) in [6.45, 7) is 9.58. The Kier molecular flexibility index (Phi) is 5.36. The number of nitrogens with zero attached hydrogens (tertiary/aromatic N) is 1. The molecule has 19 heavy (non-hydrogen) atoms. The number of rotatable bonds is 7. The molecule has 0 amide bonds. The first-order chi connectivity index (χ1) is 8.92. The molecule has 1 unspecified atom stereocenters. The van der Waals surface area contributed by atoms with Crippen molar-refractivity contribution in [3.63, 3.8) is 0 Å². The van der Waals surface area contributed by atoms with Crippen LogP contribution in [0.5, 0.6) is 0 Å². The summed E-state index contributed by atoms with van der Waals surface area (Å²) in [5, 5.41) is 12.5. The maximum Gasteiger partial charge on any atom is 0.325 e. The number of nitrogens with one attached hydrogen (secondary N) is 1. The van der Waals surface area contributed by atoms with Gasteiger partial charge in [0.1, 0.15) is 5.54 Å². The maximum atomic E-state index is 11.5. The van der Waals surface area contributed by atoms with Crippen LogP contribution in [0.15, 0.2) is 24.3 Å². The third kappa shape index (κ3) is 3.96. The third-order valence-corrected chi connectivity index (χ3v) is 3.33. The SMILES string of the molecule is CCNC(C)(CN(CC)c1ccc(C)cc1)C(=O)O. The lowest BCUT2D eigenvalue weighted by atomic mass is 10.0. The molecular formula is C15H24N2O2. The van der Waals surface area contributed by atoms with Gasteiger partial charge in [-0.15, -0.1) is 0 Å². The van der Waals surface area contributed by atoms with Gasteiger partial charge in [-0.2, -0.15) is 0 Å². The van der Waals surface area contributed by atoms with Crippen LogP contribution in [-0.2, 0) is 4.79 Å². The zero-order valence-corrected chi connectivity index (χ0v) is 12.2. The van der Waals surface area contributed by atoms with E-state index in [9.17, 15) is 9.90 Å². The van der Waals surface area contributed by atoms with Gasteiger partial charge in [-0.1, -0.05) is 24.6 Å². The van der Waals surface area contributed by atoms with Crippen molar-refractivity contribution in [2.75, 3.05) is 24.5 Å². The summed E-state index contributed by atoms with van der Waals surface area (Å²) in [6, 6.07) is 8.16. The van der Waals surface area contributed by atoms with Crippen molar-refractivity contribution in [2.24, 2.45) is 0 Å². The molecule has 0 aliphatic rings. The second kappa shape index (κ2) is 6.57. The van der Waals surface area contributed by atoms with Crippen LogP contribution in [0, 0.1) is 6.92 Å². The Bertz CT molecular complexity index is 417. The normalized spacial score (nSPS) is 13.9. The van der Waals surface area contributed by atoms with E-state index in [4.69, 9.17) is 0 Å². The number of hydrogen-bond donors (Lipinski definition) is 2. The summed E-state index contributed by atoms with van der Waals surface area (Å²) in [7, 11) is 0. The predicted octanol–water partition coefficient (Wildman–Crippen LogP) is 2.27. The summed E-state index contributed by atoms with van der Waals surface area (Å²) in [6.07, 6.45) is 0. The molecule has 0 saturated heterocycles. The van der Waals surface area contributed by atoms with Gasteiger partial charge in [0.05, 0.1) is 0 Å². The molecule has 4 heteroatoms. The minimum absolute atomic E-state index is 0.440. The van der Waals surface area contributed by atoms with Gasteiger partial charge in [-0.3, -0.25) is 4.79 Å². The lowest BCUT2D eigenvalue weighted by Gasteiger charge is -2.33. The quantitative estimate of drug-likeness (QED) is 0.793. The number of anilines is 1. The minimum Gasteiger partial charge on any atom is -0.480 e. The monoisotopic (exact) mass is 264 g/mol. The number of benzene rings is 1. The van der Waals surface area contributed by atoms with Gasteiger partial charge in [0.25, 0.3) is 0 Å². The average Bonchev–Trinajstić information content (AvgIpc) is 2.37. The Hall–Kier alpha value is -1.55. The molecule has 2 N–H and O–H groups in total. The molecule has 0 spiro atoms. The molecule has 0 radical (unpaired) electrons. The van der Waals surface area contributed by atoms with Gasteiger partial charge < -0.3 is 15.3 Å². The second-order valence-electron chi connectivity index (χ2n) is 5.02. The Morgan fingerprint density at radius 2 is 1.89 bits per heavy atom. The van der Waals surface area contributed by atoms with E-state index in [0.29, 0.717) is 13.1 Å². The van der Waals surface area contributed by atoms with Crippen LogP contribution in [0.2, 0.25) is 0 Å². The first kappa shape index (κ1) is 15.5. The van der Waals surface area contributed by atoms with Gasteiger partial charge in [-0.25, -0.2) is 0 Å². The summed E-state index contributed by atoms with van der Waals surface area (Å²) >= 11 is 0. The molecule has 4 nitrogen and oxygen atoms in total. The number of carboxylic acids is 1. The average molecular weight is 264 g/mol. The van der Waals surface area contributed by atoms with E-state index >= 15 is 0 Å². The number of likely N-dealkylation sites (N-methyl/N-ethyl adjacent to an activating group) is 2. The molecule has 1 rings (SSSR count). The minimum atomic E-state index is -0.935. The zero-order valence-electron chi connectivity index (χ0n) is 12.2. The number of carboxylic acid groups (broad SMARTS) is 1. The fourth-order valence-corrected chi connectivity index (χ4v) is 2.11. The number of aliphatic carboxylic acids is 1. The van der Waals surface area contributed by atoms with Crippen molar-refractivity contribution < 1.29 is 9.90 Å². The number of aryl methyl sites for hydroxylation is 1. The molecule has 1 atom stereocenters. The molecule has 0 saturated carbocycles. The molecular weight excluding hydrogens is 240 g/mol. The van der Waals surface area contributed by atoms with Gasteiger partial charge in [-0.05, 0) is 39.4 Å². The molecule has 0 heterocycles. The lowest BCUT2D eigenvalue weighted by molar-refractivity contribution is -0.143.